The zero-order chi connectivity index (χ0) is 34.3. The molecule has 3 rings (SSSR count). The molecule has 1 aromatic heterocycles. The Bertz CT molecular complexity index is 1400. The van der Waals surface area contributed by atoms with E-state index in [2.05, 4.69) is 19.8 Å². The van der Waals surface area contributed by atoms with Gasteiger partial charge in [0.05, 0.1) is 25.7 Å². The van der Waals surface area contributed by atoms with E-state index in [0.717, 1.165) is 7.11 Å². The number of H-pyrrole nitrogens is 1. The van der Waals surface area contributed by atoms with Crippen LogP contribution in [0.25, 0.3) is 0 Å². The Labute approximate surface area is 267 Å². The SMILES string of the molecule is COC1C(N=CCC(N)=O)OC(CNC(=O)CCC2CCC(n3ccc(=O)[nH]c3=O)O2)(COP(=O)(O)OC)C1O[Si](C)(C)C(C)C. The lowest BCUT2D eigenvalue weighted by Gasteiger charge is -2.40. The molecule has 46 heavy (non-hydrogen) atoms. The largest absolute Gasteiger partial charge is 0.472 e. The third-order valence-corrected chi connectivity index (χ3v) is 12.9. The molecule has 2 fully saturated rings. The standard InChI is InChI=1S/C27H46N5O12PSi/c1-17(2)46(5,6)44-24-23(39-3)25(29-13-11-19(28)33)43-27(24,16-41-45(37,38)40-4)15-30-20(34)9-7-18-8-10-22(42-18)32-14-12-21(35)31-26(32)36/h12-14,17-18,22-25H,7-11,15-16H2,1-6H3,(H2,28,33)(H,30,34)(H,37,38)(H,31,35,36). The Kier molecular flexibility index (Phi) is 13.2. The van der Waals surface area contributed by atoms with Gasteiger partial charge in [0, 0.05) is 39.1 Å². The molecule has 0 spiro atoms. The number of ether oxygens (including phenoxy) is 3. The molecule has 2 aliphatic heterocycles. The van der Waals surface area contributed by atoms with Crippen LogP contribution in [0.3, 0.4) is 0 Å². The first-order valence-corrected chi connectivity index (χ1v) is 19.5. The van der Waals surface area contributed by atoms with Crippen molar-refractivity contribution in [2.75, 3.05) is 27.4 Å². The van der Waals surface area contributed by atoms with E-state index in [4.69, 9.17) is 28.9 Å². The zero-order valence-corrected chi connectivity index (χ0v) is 28.9. The lowest BCUT2D eigenvalue weighted by Crippen LogP contribution is -2.59. The quantitative estimate of drug-likeness (QED) is 0.102. The number of aliphatic imine (C=N–C) groups is 1. The number of hydrogen-bond donors (Lipinski definition) is 4. The Balaban J connectivity index is 1.79. The van der Waals surface area contributed by atoms with Gasteiger partial charge in [-0.1, -0.05) is 13.8 Å². The van der Waals surface area contributed by atoms with Gasteiger partial charge >= 0.3 is 13.5 Å². The van der Waals surface area contributed by atoms with E-state index in [1.165, 1.54) is 30.2 Å². The van der Waals surface area contributed by atoms with Crippen LogP contribution >= 0.6 is 7.82 Å². The van der Waals surface area contributed by atoms with Crippen LogP contribution in [0.1, 0.15) is 52.2 Å². The van der Waals surface area contributed by atoms with Crippen LogP contribution in [0.5, 0.6) is 0 Å². The van der Waals surface area contributed by atoms with Crippen LogP contribution in [-0.2, 0) is 41.8 Å². The predicted octanol–water partition coefficient (Wildman–Crippen LogP) is 0.931. The van der Waals surface area contributed by atoms with Crippen LogP contribution in [0.4, 0.5) is 0 Å². The Hall–Kier alpha value is -2.54. The molecule has 17 nitrogen and oxygen atoms in total. The minimum Gasteiger partial charge on any atom is -0.408 e. The summed E-state index contributed by atoms with van der Waals surface area (Å²) in [7, 11) is -4.51. The maximum Gasteiger partial charge on any atom is 0.472 e. The molecule has 3 heterocycles. The topological polar surface area (TPSA) is 232 Å². The molecule has 5 N–H and O–H groups in total. The molecule has 2 saturated heterocycles. The maximum absolute atomic E-state index is 13.1. The molecule has 0 saturated carbocycles. The first kappa shape index (κ1) is 37.9. The number of aromatic nitrogens is 2. The van der Waals surface area contributed by atoms with Gasteiger partial charge in [0.25, 0.3) is 5.56 Å². The first-order chi connectivity index (χ1) is 21.5. The van der Waals surface area contributed by atoms with Gasteiger partial charge < -0.3 is 34.6 Å². The highest BCUT2D eigenvalue weighted by Crippen LogP contribution is 2.46. The van der Waals surface area contributed by atoms with Crippen molar-refractivity contribution in [3.05, 3.63) is 33.1 Å². The molecule has 0 bridgehead atoms. The molecule has 0 aromatic carbocycles. The lowest BCUT2D eigenvalue weighted by molar-refractivity contribution is -0.128. The van der Waals surface area contributed by atoms with Gasteiger partial charge in [-0.2, -0.15) is 0 Å². The van der Waals surface area contributed by atoms with Crippen molar-refractivity contribution in [2.45, 2.75) is 101 Å². The van der Waals surface area contributed by atoms with Gasteiger partial charge in [-0.3, -0.25) is 38.0 Å². The highest BCUT2D eigenvalue weighted by atomic mass is 31.2. The summed E-state index contributed by atoms with van der Waals surface area (Å²) in [5, 5.41) is 2.83. The molecular weight excluding hydrogens is 645 g/mol. The number of methoxy groups -OCH3 is 1. The van der Waals surface area contributed by atoms with Crippen molar-refractivity contribution in [1.82, 2.24) is 14.9 Å². The number of rotatable bonds is 17. The first-order valence-electron chi connectivity index (χ1n) is 15.0. The molecular formula is C27H46N5O12PSi. The summed E-state index contributed by atoms with van der Waals surface area (Å²) in [5.41, 5.74) is 2.75. The smallest absolute Gasteiger partial charge is 0.408 e. The van der Waals surface area contributed by atoms with Gasteiger partial charge in [-0.05, 0) is 37.9 Å². The van der Waals surface area contributed by atoms with Crippen molar-refractivity contribution in [3.8, 4) is 0 Å². The van der Waals surface area contributed by atoms with Crippen molar-refractivity contribution in [3.63, 3.8) is 0 Å². The number of phosphoric acid groups is 1. The van der Waals surface area contributed by atoms with Gasteiger partial charge in [-0.25, -0.2) is 9.36 Å². The van der Waals surface area contributed by atoms with Crippen LogP contribution < -0.4 is 22.3 Å². The second-order valence-electron chi connectivity index (χ2n) is 12.1. The normalized spacial score (nSPS) is 28.1. The summed E-state index contributed by atoms with van der Waals surface area (Å²) in [5.74, 6) is -0.979. The minimum absolute atomic E-state index is 0.0526. The number of aromatic amines is 1. The van der Waals surface area contributed by atoms with E-state index in [0.29, 0.717) is 19.3 Å². The molecule has 2 amide bonds. The minimum atomic E-state index is -4.50. The van der Waals surface area contributed by atoms with Gasteiger partial charge in [-0.15, -0.1) is 0 Å². The number of primary amides is 1. The van der Waals surface area contributed by atoms with E-state index in [-0.39, 0.29) is 36.9 Å². The number of nitrogens with zero attached hydrogens (tertiary/aromatic N) is 2. The average molecular weight is 692 g/mol. The Morgan fingerprint density at radius 3 is 2.65 bits per heavy atom. The Morgan fingerprint density at radius 1 is 1.33 bits per heavy atom. The van der Waals surface area contributed by atoms with Crippen molar-refractivity contribution >= 4 is 34.2 Å². The molecule has 260 valence electrons. The number of nitrogens with one attached hydrogen (secondary N) is 2. The summed E-state index contributed by atoms with van der Waals surface area (Å²) in [6, 6.07) is 1.24. The van der Waals surface area contributed by atoms with Crippen molar-refractivity contribution in [1.29, 1.82) is 0 Å². The molecule has 0 radical (unpaired) electrons. The van der Waals surface area contributed by atoms with Crippen LogP contribution in [0.2, 0.25) is 18.6 Å². The molecule has 7 atom stereocenters. The maximum atomic E-state index is 13.1. The van der Waals surface area contributed by atoms with E-state index >= 15 is 0 Å². The highest BCUT2D eigenvalue weighted by Gasteiger charge is 2.59. The van der Waals surface area contributed by atoms with E-state index < -0.39 is 70.2 Å². The molecule has 1 aromatic rings. The van der Waals surface area contributed by atoms with Crippen molar-refractivity contribution < 1.29 is 46.7 Å². The monoisotopic (exact) mass is 691 g/mol. The second-order valence-corrected chi connectivity index (χ2v) is 18.3. The number of phosphoric ester groups is 1. The van der Waals surface area contributed by atoms with E-state index in [1.807, 2.05) is 26.9 Å². The molecule has 2 aliphatic rings. The number of carbonyl (C=O) groups is 2. The average Bonchev–Trinajstić information content (AvgIpc) is 3.56. The zero-order valence-electron chi connectivity index (χ0n) is 27.0. The fourth-order valence-corrected chi connectivity index (χ4v) is 6.77. The van der Waals surface area contributed by atoms with Gasteiger partial charge in [0.1, 0.15) is 24.0 Å². The predicted molar refractivity (Wildman–Crippen MR) is 168 cm³/mol. The van der Waals surface area contributed by atoms with Crippen molar-refractivity contribution in [2.24, 2.45) is 10.7 Å². The lowest BCUT2D eigenvalue weighted by atomic mass is 9.95. The van der Waals surface area contributed by atoms with Crippen LogP contribution in [0.15, 0.2) is 26.8 Å². The number of amides is 2. The van der Waals surface area contributed by atoms with Crippen LogP contribution in [0, 0.1) is 0 Å². The van der Waals surface area contributed by atoms with Crippen LogP contribution in [-0.4, -0.2) is 98.3 Å². The van der Waals surface area contributed by atoms with Gasteiger partial charge in [0.15, 0.2) is 14.5 Å². The summed E-state index contributed by atoms with van der Waals surface area (Å²) in [6.45, 7) is 7.28. The Morgan fingerprint density at radius 2 is 2.04 bits per heavy atom. The third kappa shape index (κ3) is 9.98. The fourth-order valence-electron chi connectivity index (χ4n) is 5.00. The summed E-state index contributed by atoms with van der Waals surface area (Å²) >= 11 is 0. The number of carbonyl (C=O) groups excluding carboxylic acids is 2. The number of hydrogen-bond acceptors (Lipinski definition) is 12. The fraction of sp³-hybridized carbons (Fsp3) is 0.741. The molecule has 0 aliphatic carbocycles. The highest BCUT2D eigenvalue weighted by molar-refractivity contribution is 7.47. The summed E-state index contributed by atoms with van der Waals surface area (Å²) in [4.78, 5) is 64.6. The summed E-state index contributed by atoms with van der Waals surface area (Å²) < 4.78 is 48.4. The van der Waals surface area contributed by atoms with E-state index in [9.17, 15) is 28.6 Å². The molecule has 7 unspecified atom stereocenters. The summed E-state index contributed by atoms with van der Waals surface area (Å²) in [6.07, 6.45) is 0.328. The second kappa shape index (κ2) is 16.0. The van der Waals surface area contributed by atoms with Gasteiger partial charge in [0.2, 0.25) is 11.8 Å². The van der Waals surface area contributed by atoms with E-state index in [1.54, 1.807) is 0 Å². The third-order valence-electron chi connectivity index (χ3n) is 8.32. The molecule has 19 heteroatoms. The number of nitrogens with two attached hydrogens (primary N) is 1.